The van der Waals surface area contributed by atoms with Crippen LogP contribution in [-0.2, 0) is 17.5 Å². The van der Waals surface area contributed by atoms with Gasteiger partial charge in [0.15, 0.2) is 0 Å². The molecular formula is C24H26F3N3O2. The summed E-state index contributed by atoms with van der Waals surface area (Å²) in [6, 6.07) is 13.4. The topological polar surface area (TPSA) is 44.8 Å². The third-order valence-corrected chi connectivity index (χ3v) is 5.82. The SMILES string of the molecule is O=C(OCc1ccccc1)N1CCN(c2cc(C(F)(F)F)ccc2C2=CCNCC2)CC1. The van der Waals surface area contributed by atoms with Gasteiger partial charge in [0.25, 0.3) is 0 Å². The first-order valence-electron chi connectivity index (χ1n) is 10.7. The van der Waals surface area contributed by atoms with E-state index >= 15 is 0 Å². The van der Waals surface area contributed by atoms with Crippen LogP contribution >= 0.6 is 0 Å². The van der Waals surface area contributed by atoms with Crippen molar-refractivity contribution in [2.45, 2.75) is 19.2 Å². The van der Waals surface area contributed by atoms with Crippen LogP contribution in [-0.4, -0.2) is 50.3 Å². The highest BCUT2D eigenvalue weighted by molar-refractivity contribution is 5.78. The number of hydrogen-bond donors (Lipinski definition) is 1. The van der Waals surface area contributed by atoms with Gasteiger partial charge in [0.1, 0.15) is 6.61 Å². The van der Waals surface area contributed by atoms with E-state index in [1.54, 1.807) is 11.0 Å². The minimum Gasteiger partial charge on any atom is -0.445 e. The molecule has 1 saturated heterocycles. The van der Waals surface area contributed by atoms with Gasteiger partial charge in [-0.3, -0.25) is 0 Å². The Bertz CT molecular complexity index is 968. The lowest BCUT2D eigenvalue weighted by Crippen LogP contribution is -2.49. The van der Waals surface area contributed by atoms with Gasteiger partial charge in [0, 0.05) is 44.0 Å². The molecule has 5 nitrogen and oxygen atoms in total. The van der Waals surface area contributed by atoms with E-state index in [0.717, 1.165) is 35.7 Å². The van der Waals surface area contributed by atoms with E-state index in [1.807, 2.05) is 41.3 Å². The summed E-state index contributed by atoms with van der Waals surface area (Å²) >= 11 is 0. The molecule has 2 aliphatic rings. The van der Waals surface area contributed by atoms with Crippen LogP contribution in [0, 0.1) is 0 Å². The largest absolute Gasteiger partial charge is 0.445 e. The molecule has 1 fully saturated rings. The number of carbonyl (C=O) groups is 1. The van der Waals surface area contributed by atoms with Crippen molar-refractivity contribution in [1.82, 2.24) is 10.2 Å². The monoisotopic (exact) mass is 445 g/mol. The molecule has 4 rings (SSSR count). The second-order valence-corrected chi connectivity index (χ2v) is 7.93. The first-order valence-corrected chi connectivity index (χ1v) is 10.7. The van der Waals surface area contributed by atoms with Gasteiger partial charge in [0.2, 0.25) is 0 Å². The first kappa shape index (κ1) is 22.2. The number of alkyl halides is 3. The van der Waals surface area contributed by atoms with Gasteiger partial charge < -0.3 is 19.9 Å². The van der Waals surface area contributed by atoms with Crippen LogP contribution in [0.2, 0.25) is 0 Å². The van der Waals surface area contributed by atoms with E-state index in [0.29, 0.717) is 38.4 Å². The Balaban J connectivity index is 1.46. The first-order chi connectivity index (χ1) is 15.4. The number of ether oxygens (including phenoxy) is 1. The fourth-order valence-corrected chi connectivity index (χ4v) is 4.05. The Hall–Kier alpha value is -3.00. The zero-order valence-electron chi connectivity index (χ0n) is 17.7. The van der Waals surface area contributed by atoms with Crippen molar-refractivity contribution >= 4 is 17.4 Å². The average Bonchev–Trinajstić information content (AvgIpc) is 2.83. The van der Waals surface area contributed by atoms with Gasteiger partial charge in [-0.2, -0.15) is 13.2 Å². The van der Waals surface area contributed by atoms with Gasteiger partial charge in [0.05, 0.1) is 5.56 Å². The van der Waals surface area contributed by atoms with Gasteiger partial charge >= 0.3 is 12.3 Å². The molecule has 0 aromatic heterocycles. The second-order valence-electron chi connectivity index (χ2n) is 7.93. The average molecular weight is 445 g/mol. The van der Waals surface area contributed by atoms with E-state index in [1.165, 1.54) is 6.07 Å². The lowest BCUT2D eigenvalue weighted by molar-refractivity contribution is -0.137. The van der Waals surface area contributed by atoms with Crippen molar-refractivity contribution in [2.24, 2.45) is 0 Å². The molecule has 0 radical (unpaired) electrons. The highest BCUT2D eigenvalue weighted by Gasteiger charge is 2.33. The highest BCUT2D eigenvalue weighted by Crippen LogP contribution is 2.37. The number of hydrogen-bond acceptors (Lipinski definition) is 4. The van der Waals surface area contributed by atoms with E-state index in [9.17, 15) is 18.0 Å². The number of rotatable bonds is 4. The van der Waals surface area contributed by atoms with E-state index < -0.39 is 17.8 Å². The van der Waals surface area contributed by atoms with Crippen LogP contribution in [0.4, 0.5) is 23.7 Å². The molecule has 2 aliphatic heterocycles. The van der Waals surface area contributed by atoms with Crippen LogP contribution < -0.4 is 10.2 Å². The number of halogens is 3. The molecule has 1 amide bonds. The molecule has 0 aliphatic carbocycles. The number of carbonyl (C=O) groups excluding carboxylic acids is 1. The van der Waals surface area contributed by atoms with Gasteiger partial charge in [-0.15, -0.1) is 0 Å². The summed E-state index contributed by atoms with van der Waals surface area (Å²) in [4.78, 5) is 16.0. The molecule has 2 aromatic rings. The van der Waals surface area contributed by atoms with E-state index in [2.05, 4.69) is 5.32 Å². The molecular weight excluding hydrogens is 419 g/mol. The summed E-state index contributed by atoms with van der Waals surface area (Å²) in [5.74, 6) is 0. The number of nitrogens with one attached hydrogen (secondary N) is 1. The van der Waals surface area contributed by atoms with Crippen LogP contribution in [0.5, 0.6) is 0 Å². The molecule has 2 heterocycles. The quantitative estimate of drug-likeness (QED) is 0.751. The summed E-state index contributed by atoms with van der Waals surface area (Å²) in [5.41, 5.74) is 2.71. The number of piperazine rings is 1. The Morgan fingerprint density at radius 1 is 1.03 bits per heavy atom. The maximum absolute atomic E-state index is 13.4. The van der Waals surface area contributed by atoms with Crippen molar-refractivity contribution in [3.05, 3.63) is 71.3 Å². The van der Waals surface area contributed by atoms with Crippen molar-refractivity contribution in [3.8, 4) is 0 Å². The molecule has 8 heteroatoms. The molecule has 0 unspecified atom stereocenters. The van der Waals surface area contributed by atoms with Crippen LogP contribution in [0.15, 0.2) is 54.6 Å². The third kappa shape index (κ3) is 5.24. The molecule has 0 spiro atoms. The number of nitrogens with zero attached hydrogens (tertiary/aromatic N) is 2. The fraction of sp³-hybridized carbons (Fsp3) is 0.375. The van der Waals surface area contributed by atoms with Gasteiger partial charge in [-0.05, 0) is 36.2 Å². The normalized spacial score (nSPS) is 17.2. The third-order valence-electron chi connectivity index (χ3n) is 5.82. The standard InChI is InChI=1S/C24H26F3N3O2/c25-24(26,27)20-6-7-21(19-8-10-28-11-9-19)22(16-20)29-12-14-30(15-13-29)23(31)32-17-18-4-2-1-3-5-18/h1-8,16,28H,9-15,17H2. The Morgan fingerprint density at radius 2 is 1.78 bits per heavy atom. The fourth-order valence-electron chi connectivity index (χ4n) is 4.05. The van der Waals surface area contributed by atoms with E-state index in [-0.39, 0.29) is 6.61 Å². The van der Waals surface area contributed by atoms with Crippen molar-refractivity contribution in [1.29, 1.82) is 0 Å². The lowest BCUT2D eigenvalue weighted by Gasteiger charge is -2.37. The second kappa shape index (κ2) is 9.65. The maximum Gasteiger partial charge on any atom is 0.416 e. The molecule has 32 heavy (non-hydrogen) atoms. The summed E-state index contributed by atoms with van der Waals surface area (Å²) < 4.78 is 45.6. The smallest absolute Gasteiger partial charge is 0.416 e. The maximum atomic E-state index is 13.4. The highest BCUT2D eigenvalue weighted by atomic mass is 19.4. The molecule has 0 saturated carbocycles. The van der Waals surface area contributed by atoms with E-state index in [4.69, 9.17) is 4.74 Å². The number of anilines is 1. The summed E-state index contributed by atoms with van der Waals surface area (Å²) in [6.45, 7) is 3.37. The van der Waals surface area contributed by atoms with Crippen LogP contribution in [0.3, 0.4) is 0 Å². The molecule has 170 valence electrons. The molecule has 0 atom stereocenters. The summed E-state index contributed by atoms with van der Waals surface area (Å²) in [7, 11) is 0. The number of amides is 1. The lowest BCUT2D eigenvalue weighted by atomic mass is 9.96. The van der Waals surface area contributed by atoms with Crippen LogP contribution in [0.1, 0.15) is 23.1 Å². The summed E-state index contributed by atoms with van der Waals surface area (Å²) in [5, 5.41) is 3.23. The zero-order valence-corrected chi connectivity index (χ0v) is 17.7. The molecule has 0 bridgehead atoms. The van der Waals surface area contributed by atoms with Gasteiger partial charge in [-0.1, -0.05) is 42.5 Å². The zero-order chi connectivity index (χ0) is 22.6. The minimum atomic E-state index is -4.40. The van der Waals surface area contributed by atoms with Crippen molar-refractivity contribution < 1.29 is 22.7 Å². The Labute approximate surface area is 185 Å². The Morgan fingerprint density at radius 3 is 2.44 bits per heavy atom. The van der Waals surface area contributed by atoms with Crippen molar-refractivity contribution in [3.63, 3.8) is 0 Å². The predicted molar refractivity (Wildman–Crippen MR) is 117 cm³/mol. The minimum absolute atomic E-state index is 0.194. The molecule has 2 aromatic carbocycles. The number of benzene rings is 2. The predicted octanol–water partition coefficient (Wildman–Crippen LogP) is 4.54. The van der Waals surface area contributed by atoms with Gasteiger partial charge in [-0.25, -0.2) is 4.79 Å². The molecule has 1 N–H and O–H groups in total. The summed E-state index contributed by atoms with van der Waals surface area (Å²) in [6.07, 6.45) is -2.01. The van der Waals surface area contributed by atoms with Crippen LogP contribution in [0.25, 0.3) is 5.57 Å². The Kier molecular flexibility index (Phi) is 6.69. The van der Waals surface area contributed by atoms with Crippen molar-refractivity contribution in [2.75, 3.05) is 44.2 Å².